The molecule has 1 fully saturated rings. The lowest BCUT2D eigenvalue weighted by molar-refractivity contribution is -0.135. The first-order chi connectivity index (χ1) is 7.65. The second-order valence-corrected chi connectivity index (χ2v) is 5.42. The number of carbonyl (C=O) groups excluding carboxylic acids is 1. The molecule has 0 aromatic rings. The van der Waals surface area contributed by atoms with Gasteiger partial charge in [0.2, 0.25) is 0 Å². The molecule has 3 unspecified atom stereocenters. The Labute approximate surface area is 99.6 Å². The largest absolute Gasteiger partial charge is 0.465 e. The average Bonchev–Trinajstić information content (AvgIpc) is 2.30. The summed E-state index contributed by atoms with van der Waals surface area (Å²) in [7, 11) is 1.39. The highest BCUT2D eigenvalue weighted by molar-refractivity contribution is 8.00. The molecule has 2 rings (SSSR count). The molecule has 2 aliphatic rings. The zero-order valence-corrected chi connectivity index (χ0v) is 10.3. The number of rotatable bonds is 1. The van der Waals surface area contributed by atoms with E-state index in [1.54, 1.807) is 6.08 Å². The van der Waals surface area contributed by atoms with E-state index in [0.717, 1.165) is 17.7 Å². The Morgan fingerprint density at radius 1 is 1.62 bits per heavy atom. The number of aliphatic hydroxyl groups is 1. The van der Waals surface area contributed by atoms with E-state index in [2.05, 4.69) is 0 Å². The third-order valence-electron chi connectivity index (χ3n) is 3.25. The molecule has 0 amide bonds. The zero-order chi connectivity index (χ0) is 11.7. The molecular weight excluding hydrogens is 224 g/mol. The summed E-state index contributed by atoms with van der Waals surface area (Å²) < 4.78 is 4.75. The summed E-state index contributed by atoms with van der Waals surface area (Å²) in [6.45, 7) is 1.96. The van der Waals surface area contributed by atoms with Gasteiger partial charge in [-0.1, -0.05) is 12.2 Å². The van der Waals surface area contributed by atoms with Crippen LogP contribution in [-0.2, 0) is 9.53 Å². The summed E-state index contributed by atoms with van der Waals surface area (Å²) >= 11 is 1.81. The topological polar surface area (TPSA) is 46.5 Å². The molecule has 16 heavy (non-hydrogen) atoms. The summed E-state index contributed by atoms with van der Waals surface area (Å²) in [4.78, 5) is 11.5. The number of hydrogen-bond donors (Lipinski definition) is 1. The summed E-state index contributed by atoms with van der Waals surface area (Å²) in [5.41, 5.74) is 1.67. The molecule has 3 nitrogen and oxygen atoms in total. The first-order valence-corrected chi connectivity index (χ1v) is 6.47. The van der Waals surface area contributed by atoms with Gasteiger partial charge < -0.3 is 9.84 Å². The number of fused-ring (bicyclic) bond motifs is 1. The minimum atomic E-state index is -0.284. The Balaban J connectivity index is 2.28. The lowest BCUT2D eigenvalue weighted by Gasteiger charge is -2.36. The van der Waals surface area contributed by atoms with Gasteiger partial charge in [-0.2, -0.15) is 11.8 Å². The minimum absolute atomic E-state index is 0.146. The van der Waals surface area contributed by atoms with E-state index in [4.69, 9.17) is 4.74 Å². The fraction of sp³-hybridized carbons (Fsp3) is 0.583. The molecule has 3 atom stereocenters. The third kappa shape index (κ3) is 1.92. The number of hydrogen-bond acceptors (Lipinski definition) is 4. The first kappa shape index (κ1) is 11.7. The summed E-state index contributed by atoms with van der Waals surface area (Å²) in [5, 5.41) is 10.1. The van der Waals surface area contributed by atoms with Crippen LogP contribution in [0.5, 0.6) is 0 Å². The average molecular weight is 240 g/mol. The predicted molar refractivity (Wildman–Crippen MR) is 64.2 cm³/mol. The van der Waals surface area contributed by atoms with Crippen molar-refractivity contribution in [1.29, 1.82) is 0 Å². The molecule has 88 valence electrons. The van der Waals surface area contributed by atoms with E-state index < -0.39 is 0 Å². The highest BCUT2D eigenvalue weighted by atomic mass is 32.2. The van der Waals surface area contributed by atoms with Gasteiger partial charge in [0.15, 0.2) is 0 Å². The number of thioether (sulfide) groups is 1. The molecule has 0 aromatic carbocycles. The monoisotopic (exact) mass is 240 g/mol. The SMILES string of the molecule is COC(=O)C1=C(C)C2SCCC(O)C2C=C1. The van der Waals surface area contributed by atoms with Crippen LogP contribution in [0.15, 0.2) is 23.3 Å². The van der Waals surface area contributed by atoms with Crippen molar-refractivity contribution in [1.82, 2.24) is 0 Å². The van der Waals surface area contributed by atoms with Crippen LogP contribution in [0.1, 0.15) is 13.3 Å². The maximum atomic E-state index is 11.5. The lowest BCUT2D eigenvalue weighted by atomic mass is 9.85. The summed E-state index contributed by atoms with van der Waals surface area (Å²) in [5.74, 6) is 0.808. The van der Waals surface area contributed by atoms with Crippen LogP contribution < -0.4 is 0 Å². The van der Waals surface area contributed by atoms with Crippen LogP contribution in [0.2, 0.25) is 0 Å². The third-order valence-corrected chi connectivity index (χ3v) is 4.75. The summed E-state index contributed by atoms with van der Waals surface area (Å²) in [6, 6.07) is 0. The van der Waals surface area contributed by atoms with Crippen LogP contribution in [0.3, 0.4) is 0 Å². The number of methoxy groups -OCH3 is 1. The van der Waals surface area contributed by atoms with Gasteiger partial charge in [0.1, 0.15) is 0 Å². The fourth-order valence-electron chi connectivity index (χ4n) is 2.29. The number of carbonyl (C=O) groups is 1. The molecule has 1 saturated heterocycles. The van der Waals surface area contributed by atoms with E-state index in [1.165, 1.54) is 7.11 Å². The highest BCUT2D eigenvalue weighted by Crippen LogP contribution is 2.40. The molecule has 1 aliphatic carbocycles. The maximum absolute atomic E-state index is 11.5. The molecule has 1 N–H and O–H groups in total. The van der Waals surface area contributed by atoms with Crippen molar-refractivity contribution >= 4 is 17.7 Å². The Morgan fingerprint density at radius 2 is 2.38 bits per heavy atom. The number of esters is 1. The molecule has 0 saturated carbocycles. The molecule has 0 aromatic heterocycles. The van der Waals surface area contributed by atoms with Crippen molar-refractivity contribution in [2.24, 2.45) is 5.92 Å². The van der Waals surface area contributed by atoms with Gasteiger partial charge in [0, 0.05) is 11.2 Å². The van der Waals surface area contributed by atoms with Crippen molar-refractivity contribution in [3.63, 3.8) is 0 Å². The van der Waals surface area contributed by atoms with E-state index in [9.17, 15) is 9.90 Å². The van der Waals surface area contributed by atoms with E-state index in [0.29, 0.717) is 5.57 Å². The van der Waals surface area contributed by atoms with Crippen LogP contribution in [0.25, 0.3) is 0 Å². The number of aliphatic hydroxyl groups excluding tert-OH is 1. The van der Waals surface area contributed by atoms with E-state index in [1.807, 2.05) is 24.8 Å². The molecule has 0 radical (unpaired) electrons. The van der Waals surface area contributed by atoms with E-state index >= 15 is 0 Å². The lowest BCUT2D eigenvalue weighted by Crippen LogP contribution is -2.36. The fourth-order valence-corrected chi connectivity index (χ4v) is 3.80. The van der Waals surface area contributed by atoms with Gasteiger partial charge in [-0.05, 0) is 24.7 Å². The molecule has 1 aliphatic heterocycles. The van der Waals surface area contributed by atoms with Crippen molar-refractivity contribution in [2.45, 2.75) is 24.7 Å². The van der Waals surface area contributed by atoms with Gasteiger partial charge in [-0.3, -0.25) is 0 Å². The van der Waals surface area contributed by atoms with Crippen LogP contribution in [-0.4, -0.2) is 35.3 Å². The first-order valence-electron chi connectivity index (χ1n) is 5.42. The quantitative estimate of drug-likeness (QED) is 0.706. The van der Waals surface area contributed by atoms with Gasteiger partial charge in [-0.15, -0.1) is 0 Å². The standard InChI is InChI=1S/C12H16O3S/c1-7-8(12(14)15-2)3-4-9-10(13)5-6-16-11(7)9/h3-4,9-11,13H,5-6H2,1-2H3. The Bertz CT molecular complexity index is 359. The van der Waals surface area contributed by atoms with Crippen LogP contribution >= 0.6 is 11.8 Å². The Hall–Kier alpha value is -0.740. The Kier molecular flexibility index (Phi) is 3.40. The normalized spacial score (nSPS) is 33.6. The van der Waals surface area contributed by atoms with E-state index in [-0.39, 0.29) is 23.2 Å². The molecule has 0 bridgehead atoms. The minimum Gasteiger partial charge on any atom is -0.465 e. The molecular formula is C12H16O3S. The van der Waals surface area contributed by atoms with Crippen molar-refractivity contribution in [3.05, 3.63) is 23.3 Å². The van der Waals surface area contributed by atoms with Crippen molar-refractivity contribution in [3.8, 4) is 0 Å². The maximum Gasteiger partial charge on any atom is 0.337 e. The smallest absolute Gasteiger partial charge is 0.337 e. The Morgan fingerprint density at radius 3 is 3.06 bits per heavy atom. The van der Waals surface area contributed by atoms with Crippen molar-refractivity contribution < 1.29 is 14.6 Å². The number of ether oxygens (including phenoxy) is 1. The van der Waals surface area contributed by atoms with Gasteiger partial charge in [0.25, 0.3) is 0 Å². The van der Waals surface area contributed by atoms with Crippen LogP contribution in [0, 0.1) is 5.92 Å². The van der Waals surface area contributed by atoms with Crippen molar-refractivity contribution in [2.75, 3.05) is 12.9 Å². The van der Waals surface area contributed by atoms with Gasteiger partial charge in [0.05, 0.1) is 18.8 Å². The van der Waals surface area contributed by atoms with Gasteiger partial charge in [-0.25, -0.2) is 4.79 Å². The predicted octanol–water partition coefficient (Wildman–Crippen LogP) is 1.53. The van der Waals surface area contributed by atoms with Gasteiger partial charge >= 0.3 is 5.97 Å². The zero-order valence-electron chi connectivity index (χ0n) is 9.47. The second kappa shape index (κ2) is 4.63. The summed E-state index contributed by atoms with van der Waals surface area (Å²) in [6.07, 6.45) is 4.28. The molecule has 1 heterocycles. The highest BCUT2D eigenvalue weighted by Gasteiger charge is 2.36. The second-order valence-electron chi connectivity index (χ2n) is 4.17. The molecule has 4 heteroatoms. The molecule has 0 spiro atoms. The van der Waals surface area contributed by atoms with Crippen LogP contribution in [0.4, 0.5) is 0 Å².